The van der Waals surface area contributed by atoms with E-state index in [0.29, 0.717) is 9.55 Å². The molecule has 0 spiro atoms. The quantitative estimate of drug-likeness (QED) is 0.619. The number of hydrazine groups is 1. The van der Waals surface area contributed by atoms with Crippen LogP contribution in [0.3, 0.4) is 0 Å². The molecule has 9 heteroatoms. The molecule has 0 aromatic carbocycles. The predicted octanol–water partition coefficient (Wildman–Crippen LogP) is 2.95. The van der Waals surface area contributed by atoms with Gasteiger partial charge in [0.15, 0.2) is 10.4 Å². The molecule has 3 amide bonds. The summed E-state index contributed by atoms with van der Waals surface area (Å²) in [7, 11) is 0. The third-order valence-electron chi connectivity index (χ3n) is 4.24. The molecule has 0 aliphatic heterocycles. The fourth-order valence-electron chi connectivity index (χ4n) is 2.87. The Labute approximate surface area is 169 Å². The largest absolute Gasteiger partial charge is 0.444 e. The molecule has 27 heavy (non-hydrogen) atoms. The maximum absolute atomic E-state index is 12.3. The Hall–Kier alpha value is -2.13. The van der Waals surface area contributed by atoms with Crippen LogP contribution >= 0.6 is 27.3 Å². The highest BCUT2D eigenvalue weighted by atomic mass is 79.9. The van der Waals surface area contributed by atoms with Crippen LogP contribution in [-0.2, 0) is 17.6 Å². The molecule has 1 aliphatic rings. The highest BCUT2D eigenvalue weighted by Gasteiger charge is 2.17. The third-order valence-corrected chi connectivity index (χ3v) is 5.90. The molecule has 0 unspecified atom stereocenters. The lowest BCUT2D eigenvalue weighted by Crippen LogP contribution is -2.46. The van der Waals surface area contributed by atoms with Gasteiger partial charge in [-0.1, -0.05) is 12.8 Å². The second kappa shape index (κ2) is 9.18. The Kier molecular flexibility index (Phi) is 6.68. The summed E-state index contributed by atoms with van der Waals surface area (Å²) in [4.78, 5) is 37.8. The van der Waals surface area contributed by atoms with Crippen LogP contribution in [-0.4, -0.2) is 24.3 Å². The monoisotopic (exact) mass is 453 g/mol. The molecule has 2 aromatic rings. The molecule has 3 N–H and O–H groups in total. The Bertz CT molecular complexity index is 820. The lowest BCUT2D eigenvalue weighted by Gasteiger charge is -2.07. The minimum Gasteiger partial charge on any atom is -0.444 e. The molecular formula is C18H20BrN3O4S. The maximum Gasteiger partial charge on any atom is 0.287 e. The number of fused-ring (bicyclic) bond motifs is 1. The topological polar surface area (TPSA) is 100 Å². The van der Waals surface area contributed by atoms with Crippen molar-refractivity contribution in [2.75, 3.05) is 6.54 Å². The minimum atomic E-state index is -0.530. The van der Waals surface area contributed by atoms with Crippen LogP contribution in [0.5, 0.6) is 0 Å². The summed E-state index contributed by atoms with van der Waals surface area (Å²) in [5.74, 6) is -1.30. The molecule has 144 valence electrons. The van der Waals surface area contributed by atoms with E-state index in [4.69, 9.17) is 4.42 Å². The van der Waals surface area contributed by atoms with E-state index in [2.05, 4.69) is 32.1 Å². The lowest BCUT2D eigenvalue weighted by molar-refractivity contribution is -0.120. The zero-order valence-electron chi connectivity index (χ0n) is 14.6. The smallest absolute Gasteiger partial charge is 0.287 e. The van der Waals surface area contributed by atoms with Crippen LogP contribution in [0.4, 0.5) is 0 Å². The highest BCUT2D eigenvalue weighted by molar-refractivity contribution is 9.10. The van der Waals surface area contributed by atoms with Gasteiger partial charge in [-0.05, 0) is 65.4 Å². The molecule has 2 heterocycles. The molecular weight excluding hydrogens is 434 g/mol. The van der Waals surface area contributed by atoms with Crippen LogP contribution in [0.25, 0.3) is 0 Å². The van der Waals surface area contributed by atoms with Crippen LogP contribution in [0.1, 0.15) is 56.4 Å². The Morgan fingerprint density at radius 2 is 1.81 bits per heavy atom. The first-order valence-electron chi connectivity index (χ1n) is 8.77. The van der Waals surface area contributed by atoms with Gasteiger partial charge in [0.1, 0.15) is 0 Å². The number of amides is 3. The van der Waals surface area contributed by atoms with E-state index in [9.17, 15) is 14.4 Å². The number of nitrogens with one attached hydrogen (secondary N) is 3. The van der Waals surface area contributed by atoms with Crippen molar-refractivity contribution in [2.45, 2.75) is 38.5 Å². The van der Waals surface area contributed by atoms with E-state index in [-0.39, 0.29) is 18.2 Å². The third kappa shape index (κ3) is 5.43. The van der Waals surface area contributed by atoms with Crippen LogP contribution < -0.4 is 16.2 Å². The van der Waals surface area contributed by atoms with Gasteiger partial charge in [-0.25, -0.2) is 0 Å². The number of hydrogen-bond acceptors (Lipinski definition) is 5. The van der Waals surface area contributed by atoms with Crippen molar-refractivity contribution in [3.8, 4) is 0 Å². The second-order valence-corrected chi connectivity index (χ2v) is 8.18. The van der Waals surface area contributed by atoms with Gasteiger partial charge < -0.3 is 9.73 Å². The fraction of sp³-hybridized carbons (Fsp3) is 0.389. The van der Waals surface area contributed by atoms with Crippen molar-refractivity contribution < 1.29 is 18.8 Å². The Morgan fingerprint density at radius 3 is 2.56 bits per heavy atom. The predicted molar refractivity (Wildman–Crippen MR) is 105 cm³/mol. The van der Waals surface area contributed by atoms with Gasteiger partial charge in [0, 0.05) is 4.88 Å². The maximum atomic E-state index is 12.3. The van der Waals surface area contributed by atoms with Crippen molar-refractivity contribution in [1.29, 1.82) is 0 Å². The molecule has 0 radical (unpaired) electrons. The lowest BCUT2D eigenvalue weighted by atomic mass is 10.00. The van der Waals surface area contributed by atoms with Crippen molar-refractivity contribution >= 4 is 45.0 Å². The average Bonchev–Trinajstić information content (AvgIpc) is 3.24. The average molecular weight is 454 g/mol. The zero-order valence-corrected chi connectivity index (χ0v) is 17.0. The number of furan rings is 1. The van der Waals surface area contributed by atoms with Gasteiger partial charge in [-0.15, -0.1) is 11.3 Å². The molecule has 0 saturated heterocycles. The number of carbonyl (C=O) groups excluding carboxylic acids is 3. The van der Waals surface area contributed by atoms with E-state index in [1.165, 1.54) is 40.7 Å². The van der Waals surface area contributed by atoms with Gasteiger partial charge in [0.2, 0.25) is 0 Å². The van der Waals surface area contributed by atoms with Gasteiger partial charge in [0.05, 0.1) is 11.4 Å². The fourth-order valence-corrected chi connectivity index (χ4v) is 4.33. The molecule has 2 aromatic heterocycles. The van der Waals surface area contributed by atoms with E-state index in [0.717, 1.165) is 25.7 Å². The van der Waals surface area contributed by atoms with Crippen LogP contribution in [0.2, 0.25) is 0 Å². The number of hydrogen-bond donors (Lipinski definition) is 3. The summed E-state index contributed by atoms with van der Waals surface area (Å²) in [5.41, 5.74) is 5.95. The van der Waals surface area contributed by atoms with Crippen molar-refractivity contribution in [3.63, 3.8) is 0 Å². The Balaban J connectivity index is 1.46. The number of aryl methyl sites for hydroxylation is 2. The molecule has 0 saturated carbocycles. The number of thiophene rings is 1. The first kappa shape index (κ1) is 19.6. The molecule has 3 rings (SSSR count). The minimum absolute atomic E-state index is 0.0923. The van der Waals surface area contributed by atoms with E-state index >= 15 is 0 Å². The van der Waals surface area contributed by atoms with Gasteiger partial charge in [0.25, 0.3) is 17.7 Å². The van der Waals surface area contributed by atoms with Gasteiger partial charge >= 0.3 is 0 Å². The summed E-state index contributed by atoms with van der Waals surface area (Å²) in [6.07, 6.45) is 6.77. The first-order chi connectivity index (χ1) is 13.0. The molecule has 0 bridgehead atoms. The molecule has 7 nitrogen and oxygen atoms in total. The normalized spacial score (nSPS) is 13.8. The standard InChI is InChI=1S/C18H20BrN3O4S/c19-15-8-7-12(26-15)17(24)20-10-16(23)21-22-18(25)14-9-11-5-3-1-2-4-6-13(11)27-14/h7-9H,1-6,10H2,(H,20,24)(H,21,23)(H,22,25). The summed E-state index contributed by atoms with van der Waals surface area (Å²) in [6.45, 7) is -0.279. The van der Waals surface area contributed by atoms with Gasteiger partial charge in [-0.2, -0.15) is 0 Å². The highest BCUT2D eigenvalue weighted by Crippen LogP contribution is 2.28. The molecule has 0 fully saturated rings. The van der Waals surface area contributed by atoms with Crippen molar-refractivity contribution in [2.24, 2.45) is 0 Å². The number of halogens is 1. The number of carbonyl (C=O) groups is 3. The molecule has 0 atom stereocenters. The van der Waals surface area contributed by atoms with Crippen molar-refractivity contribution in [3.05, 3.63) is 43.9 Å². The summed E-state index contributed by atoms with van der Waals surface area (Å²) < 4.78 is 5.52. The molecule has 1 aliphatic carbocycles. The Morgan fingerprint density at radius 1 is 1.04 bits per heavy atom. The second-order valence-electron chi connectivity index (χ2n) is 6.26. The summed E-state index contributed by atoms with van der Waals surface area (Å²) in [6, 6.07) is 4.99. The van der Waals surface area contributed by atoms with E-state index in [1.807, 2.05) is 6.07 Å². The van der Waals surface area contributed by atoms with Crippen molar-refractivity contribution in [1.82, 2.24) is 16.2 Å². The summed E-state index contributed by atoms with van der Waals surface area (Å²) >= 11 is 4.59. The van der Waals surface area contributed by atoms with Crippen LogP contribution in [0.15, 0.2) is 27.3 Å². The summed E-state index contributed by atoms with van der Waals surface area (Å²) in [5, 5.41) is 2.41. The van der Waals surface area contributed by atoms with E-state index in [1.54, 1.807) is 6.07 Å². The van der Waals surface area contributed by atoms with Gasteiger partial charge in [-0.3, -0.25) is 25.2 Å². The van der Waals surface area contributed by atoms with Crippen LogP contribution in [0, 0.1) is 0 Å². The zero-order chi connectivity index (χ0) is 19.2. The number of rotatable bonds is 4. The SMILES string of the molecule is O=C(CNC(=O)c1ccc(Br)o1)NNC(=O)c1cc2c(s1)CCCCCC2. The first-order valence-corrected chi connectivity index (χ1v) is 10.4. The van der Waals surface area contributed by atoms with E-state index < -0.39 is 11.8 Å².